The summed E-state index contributed by atoms with van der Waals surface area (Å²) < 4.78 is 10.1. The van der Waals surface area contributed by atoms with Crippen molar-refractivity contribution in [3.63, 3.8) is 0 Å². The van der Waals surface area contributed by atoms with E-state index >= 15 is 0 Å². The normalized spacial score (nSPS) is 9.68. The van der Waals surface area contributed by atoms with E-state index in [4.69, 9.17) is 9.15 Å². The zero-order valence-electron chi connectivity index (χ0n) is 9.96. The van der Waals surface area contributed by atoms with Crippen molar-refractivity contribution in [3.8, 4) is 5.75 Å². The van der Waals surface area contributed by atoms with Crippen LogP contribution in [0.3, 0.4) is 0 Å². The second kappa shape index (κ2) is 6.25. The molecule has 0 aliphatic heterocycles. The van der Waals surface area contributed by atoms with E-state index in [1.165, 1.54) is 12.3 Å². The Morgan fingerprint density at radius 1 is 1.05 bits per heavy atom. The van der Waals surface area contributed by atoms with Gasteiger partial charge in [-0.15, -0.1) is 0 Å². The number of hydrogen-bond donors (Lipinski definition) is 2. The number of amides is 2. The molecule has 2 aromatic rings. The number of hydrazine groups is 1. The van der Waals surface area contributed by atoms with Gasteiger partial charge in [-0.2, -0.15) is 0 Å². The topological polar surface area (TPSA) is 80.6 Å². The third-order valence-electron chi connectivity index (χ3n) is 2.17. The second-order valence-corrected chi connectivity index (χ2v) is 3.58. The van der Waals surface area contributed by atoms with Crippen LogP contribution in [-0.2, 0) is 4.79 Å². The fraction of sp³-hybridized carbons (Fsp3) is 0.0769. The van der Waals surface area contributed by atoms with Gasteiger partial charge >= 0.3 is 5.91 Å². The van der Waals surface area contributed by atoms with Crippen molar-refractivity contribution >= 4 is 11.8 Å². The standard InChI is InChI=1S/C13H12N2O4/c16-12(9-19-10-5-2-1-3-6-10)14-15-13(17)11-7-4-8-18-11/h1-8H,9H2,(H,14,16)(H,15,17). The van der Waals surface area contributed by atoms with E-state index in [2.05, 4.69) is 10.9 Å². The molecule has 2 amide bonds. The van der Waals surface area contributed by atoms with Gasteiger partial charge in [0.1, 0.15) is 5.75 Å². The lowest BCUT2D eigenvalue weighted by Crippen LogP contribution is -2.43. The highest BCUT2D eigenvalue weighted by atomic mass is 16.5. The predicted molar refractivity (Wildman–Crippen MR) is 66.3 cm³/mol. The Bertz CT molecular complexity index is 537. The van der Waals surface area contributed by atoms with E-state index in [1.54, 1.807) is 30.3 Å². The first-order valence-corrected chi connectivity index (χ1v) is 5.56. The largest absolute Gasteiger partial charge is 0.484 e. The van der Waals surface area contributed by atoms with Gasteiger partial charge in [-0.3, -0.25) is 20.4 Å². The number of ether oxygens (including phenoxy) is 1. The van der Waals surface area contributed by atoms with Crippen LogP contribution in [0.15, 0.2) is 53.1 Å². The van der Waals surface area contributed by atoms with Gasteiger partial charge in [0.2, 0.25) is 0 Å². The molecule has 19 heavy (non-hydrogen) atoms. The summed E-state index contributed by atoms with van der Waals surface area (Å²) in [5.41, 5.74) is 4.43. The minimum absolute atomic E-state index is 0.115. The van der Waals surface area contributed by atoms with Gasteiger partial charge in [0.25, 0.3) is 5.91 Å². The van der Waals surface area contributed by atoms with Crippen LogP contribution in [0.25, 0.3) is 0 Å². The van der Waals surface area contributed by atoms with Gasteiger partial charge in [0, 0.05) is 0 Å². The van der Waals surface area contributed by atoms with Crippen LogP contribution < -0.4 is 15.6 Å². The minimum atomic E-state index is -0.530. The first-order valence-electron chi connectivity index (χ1n) is 5.56. The SMILES string of the molecule is O=C(COc1ccccc1)NNC(=O)c1ccco1. The van der Waals surface area contributed by atoms with Crippen molar-refractivity contribution in [2.45, 2.75) is 0 Å². The van der Waals surface area contributed by atoms with Crippen LogP contribution in [0.1, 0.15) is 10.6 Å². The molecule has 1 heterocycles. The molecule has 0 saturated heterocycles. The van der Waals surface area contributed by atoms with E-state index in [0.717, 1.165) is 0 Å². The highest BCUT2D eigenvalue weighted by Crippen LogP contribution is 2.07. The van der Waals surface area contributed by atoms with Gasteiger partial charge in [-0.1, -0.05) is 18.2 Å². The summed E-state index contributed by atoms with van der Waals surface area (Å²) in [6.45, 7) is -0.192. The van der Waals surface area contributed by atoms with E-state index < -0.39 is 11.8 Å². The van der Waals surface area contributed by atoms with Crippen molar-refractivity contribution < 1.29 is 18.7 Å². The van der Waals surface area contributed by atoms with Crippen molar-refractivity contribution in [3.05, 3.63) is 54.5 Å². The summed E-state index contributed by atoms with van der Waals surface area (Å²) in [4.78, 5) is 22.8. The summed E-state index contributed by atoms with van der Waals surface area (Å²) in [5.74, 6) is -0.305. The van der Waals surface area contributed by atoms with Crippen LogP contribution in [0.2, 0.25) is 0 Å². The zero-order valence-corrected chi connectivity index (χ0v) is 9.96. The van der Waals surface area contributed by atoms with Gasteiger partial charge in [-0.05, 0) is 24.3 Å². The monoisotopic (exact) mass is 260 g/mol. The summed E-state index contributed by atoms with van der Waals surface area (Å²) in [6.07, 6.45) is 1.37. The van der Waals surface area contributed by atoms with Crippen LogP contribution in [0.5, 0.6) is 5.75 Å². The number of carbonyl (C=O) groups excluding carboxylic acids is 2. The summed E-state index contributed by atoms with van der Waals surface area (Å²) in [7, 11) is 0. The molecule has 1 aromatic carbocycles. The minimum Gasteiger partial charge on any atom is -0.484 e. The number of furan rings is 1. The number of carbonyl (C=O) groups is 2. The molecule has 0 bridgehead atoms. The van der Waals surface area contributed by atoms with Crippen molar-refractivity contribution in [1.82, 2.24) is 10.9 Å². The lowest BCUT2D eigenvalue weighted by atomic mass is 10.3. The molecule has 1 aromatic heterocycles. The Hall–Kier alpha value is -2.76. The number of benzene rings is 1. The molecular weight excluding hydrogens is 248 g/mol. The van der Waals surface area contributed by atoms with Gasteiger partial charge in [0.15, 0.2) is 12.4 Å². The third kappa shape index (κ3) is 3.88. The summed E-state index contributed by atoms with van der Waals surface area (Å²) >= 11 is 0. The molecule has 0 atom stereocenters. The van der Waals surface area contributed by atoms with Gasteiger partial charge in [-0.25, -0.2) is 0 Å². The maximum Gasteiger partial charge on any atom is 0.305 e. The molecule has 0 fully saturated rings. The van der Waals surface area contributed by atoms with Crippen LogP contribution in [0.4, 0.5) is 0 Å². The van der Waals surface area contributed by atoms with Crippen LogP contribution in [-0.4, -0.2) is 18.4 Å². The Balaban J connectivity index is 1.72. The maximum absolute atomic E-state index is 11.4. The number of nitrogens with one attached hydrogen (secondary N) is 2. The summed E-state index contributed by atoms with van der Waals surface area (Å²) in [5, 5.41) is 0. The average molecular weight is 260 g/mol. The lowest BCUT2D eigenvalue weighted by Gasteiger charge is -2.07. The molecule has 0 saturated carbocycles. The average Bonchev–Trinajstić information content (AvgIpc) is 2.98. The first-order chi connectivity index (χ1) is 9.25. The molecule has 0 aliphatic carbocycles. The van der Waals surface area contributed by atoms with E-state index in [9.17, 15) is 9.59 Å². The van der Waals surface area contributed by atoms with Crippen LogP contribution >= 0.6 is 0 Å². The van der Waals surface area contributed by atoms with Crippen LogP contribution in [0, 0.1) is 0 Å². The maximum atomic E-state index is 11.4. The number of rotatable bonds is 4. The Labute approximate surface area is 109 Å². The van der Waals surface area contributed by atoms with Crippen molar-refractivity contribution in [2.24, 2.45) is 0 Å². The van der Waals surface area contributed by atoms with Crippen molar-refractivity contribution in [1.29, 1.82) is 0 Å². The highest BCUT2D eigenvalue weighted by Gasteiger charge is 2.09. The van der Waals surface area contributed by atoms with E-state index in [-0.39, 0.29) is 12.4 Å². The molecule has 0 radical (unpaired) electrons. The molecular formula is C13H12N2O4. The number of para-hydroxylation sites is 1. The Morgan fingerprint density at radius 3 is 2.53 bits per heavy atom. The molecule has 6 nitrogen and oxygen atoms in total. The van der Waals surface area contributed by atoms with Gasteiger partial charge < -0.3 is 9.15 Å². The molecule has 0 unspecified atom stereocenters. The Kier molecular flexibility index (Phi) is 4.17. The summed E-state index contributed by atoms with van der Waals surface area (Å²) in [6, 6.07) is 12.0. The van der Waals surface area contributed by atoms with E-state index in [1.807, 2.05) is 6.07 Å². The fourth-order valence-electron chi connectivity index (χ4n) is 1.30. The zero-order chi connectivity index (χ0) is 13.5. The predicted octanol–water partition coefficient (Wildman–Crippen LogP) is 1.12. The van der Waals surface area contributed by atoms with Crippen molar-refractivity contribution in [2.75, 3.05) is 6.61 Å². The molecule has 98 valence electrons. The lowest BCUT2D eigenvalue weighted by molar-refractivity contribution is -0.123. The Morgan fingerprint density at radius 2 is 1.84 bits per heavy atom. The molecule has 0 spiro atoms. The second-order valence-electron chi connectivity index (χ2n) is 3.58. The smallest absolute Gasteiger partial charge is 0.305 e. The molecule has 2 N–H and O–H groups in total. The molecule has 2 rings (SSSR count). The molecule has 6 heteroatoms. The van der Waals surface area contributed by atoms with E-state index in [0.29, 0.717) is 5.75 Å². The quantitative estimate of drug-likeness (QED) is 0.807. The fourth-order valence-corrected chi connectivity index (χ4v) is 1.30. The first kappa shape index (κ1) is 12.7. The third-order valence-corrected chi connectivity index (χ3v) is 2.17. The van der Waals surface area contributed by atoms with Gasteiger partial charge in [0.05, 0.1) is 6.26 Å². The number of hydrogen-bond acceptors (Lipinski definition) is 4. The highest BCUT2D eigenvalue weighted by molar-refractivity contribution is 5.92. The molecule has 0 aliphatic rings.